The fourth-order valence-corrected chi connectivity index (χ4v) is 1.93. The molecule has 1 aliphatic rings. The molecule has 3 N–H and O–H groups in total. The van der Waals surface area contributed by atoms with Crippen LogP contribution in [0.5, 0.6) is 5.75 Å². The van der Waals surface area contributed by atoms with Gasteiger partial charge in [-0.1, -0.05) is 0 Å². The summed E-state index contributed by atoms with van der Waals surface area (Å²) in [6.45, 7) is 0.387. The van der Waals surface area contributed by atoms with E-state index in [0.29, 0.717) is 18.8 Å². The summed E-state index contributed by atoms with van der Waals surface area (Å²) >= 11 is 0. The number of amidine groups is 1. The van der Waals surface area contributed by atoms with E-state index in [9.17, 15) is 13.2 Å². The Balaban J connectivity index is 1.92. The molecule has 2 rings (SSSR count). The first-order valence-corrected chi connectivity index (χ1v) is 5.94. The first-order valence-electron chi connectivity index (χ1n) is 5.94. The number of nitrogens with two attached hydrogens (primary N) is 1. The molecule has 19 heavy (non-hydrogen) atoms. The van der Waals surface area contributed by atoms with Gasteiger partial charge in [0.15, 0.2) is 0 Å². The molecule has 0 heterocycles. The van der Waals surface area contributed by atoms with Crippen molar-refractivity contribution in [2.24, 2.45) is 11.1 Å². The van der Waals surface area contributed by atoms with Crippen molar-refractivity contribution in [3.63, 3.8) is 0 Å². The summed E-state index contributed by atoms with van der Waals surface area (Å²) in [4.78, 5) is 0. The van der Waals surface area contributed by atoms with Gasteiger partial charge in [0.25, 0.3) is 0 Å². The molecule has 6 heteroatoms. The third-order valence-corrected chi connectivity index (χ3v) is 3.25. The maximum atomic E-state index is 12.4. The Labute approximate surface area is 109 Å². The molecule has 0 aromatic heterocycles. The predicted molar refractivity (Wildman–Crippen MR) is 65.1 cm³/mol. The molecule has 0 bridgehead atoms. The second kappa shape index (κ2) is 4.75. The molecule has 0 unspecified atom stereocenters. The molecule has 1 aliphatic carbocycles. The zero-order valence-electron chi connectivity index (χ0n) is 10.3. The summed E-state index contributed by atoms with van der Waals surface area (Å²) in [6.07, 6.45) is -1.97. The first-order chi connectivity index (χ1) is 8.81. The van der Waals surface area contributed by atoms with Crippen LogP contribution in [-0.4, -0.2) is 12.4 Å². The van der Waals surface area contributed by atoms with Gasteiger partial charge in [0.05, 0.1) is 18.0 Å². The van der Waals surface area contributed by atoms with Gasteiger partial charge in [-0.2, -0.15) is 13.2 Å². The fraction of sp³-hybridized carbons (Fsp3) is 0.462. The van der Waals surface area contributed by atoms with Crippen LogP contribution < -0.4 is 10.5 Å². The predicted octanol–water partition coefficient (Wildman–Crippen LogP) is 3.19. The Morgan fingerprint density at radius 1 is 1.26 bits per heavy atom. The highest BCUT2D eigenvalue weighted by molar-refractivity contribution is 5.78. The molecule has 3 nitrogen and oxygen atoms in total. The van der Waals surface area contributed by atoms with E-state index in [2.05, 4.69) is 0 Å². The van der Waals surface area contributed by atoms with Gasteiger partial charge in [-0.05, 0) is 37.1 Å². The SMILES string of the molecule is N=C(N)CC1(COc2ccc(C(F)(F)F)cc2)CC1. The maximum absolute atomic E-state index is 12.4. The Morgan fingerprint density at radius 3 is 2.26 bits per heavy atom. The van der Waals surface area contributed by atoms with Gasteiger partial charge < -0.3 is 10.5 Å². The van der Waals surface area contributed by atoms with Crippen LogP contribution in [0.25, 0.3) is 0 Å². The number of rotatable bonds is 5. The lowest BCUT2D eigenvalue weighted by Crippen LogP contribution is -2.21. The average Bonchev–Trinajstić information content (AvgIpc) is 3.05. The van der Waals surface area contributed by atoms with Crippen LogP contribution in [-0.2, 0) is 6.18 Å². The van der Waals surface area contributed by atoms with E-state index in [0.717, 1.165) is 25.0 Å². The molecule has 1 aromatic carbocycles. The largest absolute Gasteiger partial charge is 0.493 e. The molecule has 1 saturated carbocycles. The quantitative estimate of drug-likeness (QED) is 0.638. The molecule has 0 amide bonds. The highest BCUT2D eigenvalue weighted by Gasteiger charge is 2.44. The molecule has 0 atom stereocenters. The fourth-order valence-electron chi connectivity index (χ4n) is 1.93. The lowest BCUT2D eigenvalue weighted by atomic mass is 10.0. The van der Waals surface area contributed by atoms with Crippen LogP contribution in [0.3, 0.4) is 0 Å². The van der Waals surface area contributed by atoms with E-state index in [-0.39, 0.29) is 11.3 Å². The van der Waals surface area contributed by atoms with Gasteiger partial charge >= 0.3 is 6.18 Å². The smallest absolute Gasteiger partial charge is 0.416 e. The Morgan fingerprint density at radius 2 is 1.84 bits per heavy atom. The van der Waals surface area contributed by atoms with Crippen molar-refractivity contribution in [2.75, 3.05) is 6.61 Å². The van der Waals surface area contributed by atoms with E-state index < -0.39 is 11.7 Å². The van der Waals surface area contributed by atoms with Crippen molar-refractivity contribution < 1.29 is 17.9 Å². The van der Waals surface area contributed by atoms with E-state index >= 15 is 0 Å². The number of hydrogen-bond donors (Lipinski definition) is 2. The Hall–Kier alpha value is -1.72. The Kier molecular flexibility index (Phi) is 3.43. The standard InChI is InChI=1S/C13H15F3N2O/c14-13(15,16)9-1-3-10(4-2-9)19-8-12(5-6-12)7-11(17)18/h1-4H,5-8H2,(H3,17,18). The highest BCUT2D eigenvalue weighted by Crippen LogP contribution is 2.48. The number of ether oxygens (including phenoxy) is 1. The molecule has 1 aromatic rings. The molecule has 0 aliphatic heterocycles. The third-order valence-electron chi connectivity index (χ3n) is 3.25. The minimum atomic E-state index is -4.33. The van der Waals surface area contributed by atoms with Crippen molar-refractivity contribution in [1.29, 1.82) is 5.41 Å². The number of alkyl halides is 3. The minimum absolute atomic E-state index is 0.0888. The van der Waals surface area contributed by atoms with Crippen LogP contribution in [0, 0.1) is 10.8 Å². The second-order valence-corrected chi connectivity index (χ2v) is 5.01. The van der Waals surface area contributed by atoms with Crippen LogP contribution in [0.2, 0.25) is 0 Å². The molecular weight excluding hydrogens is 257 g/mol. The van der Waals surface area contributed by atoms with Crippen molar-refractivity contribution in [3.8, 4) is 5.75 Å². The van der Waals surface area contributed by atoms with E-state index in [1.54, 1.807) is 0 Å². The molecule has 0 spiro atoms. The first kappa shape index (κ1) is 13.7. The van der Waals surface area contributed by atoms with Crippen LogP contribution >= 0.6 is 0 Å². The van der Waals surface area contributed by atoms with E-state index in [1.165, 1.54) is 12.1 Å². The number of benzene rings is 1. The lowest BCUT2D eigenvalue weighted by molar-refractivity contribution is -0.137. The topological polar surface area (TPSA) is 59.1 Å². The van der Waals surface area contributed by atoms with Gasteiger partial charge in [-0.3, -0.25) is 5.41 Å². The molecule has 0 saturated heterocycles. The summed E-state index contributed by atoms with van der Waals surface area (Å²) < 4.78 is 42.6. The summed E-state index contributed by atoms with van der Waals surface area (Å²) in [5.74, 6) is 0.524. The number of hydrogen-bond acceptors (Lipinski definition) is 2. The summed E-state index contributed by atoms with van der Waals surface area (Å²) in [7, 11) is 0. The van der Waals surface area contributed by atoms with Gasteiger partial charge in [-0.25, -0.2) is 0 Å². The van der Waals surface area contributed by atoms with Crippen LogP contribution in [0.15, 0.2) is 24.3 Å². The molecular formula is C13H15F3N2O. The summed E-state index contributed by atoms with van der Waals surface area (Å²) in [5, 5.41) is 7.27. The van der Waals surface area contributed by atoms with Gasteiger partial charge in [0.2, 0.25) is 0 Å². The highest BCUT2D eigenvalue weighted by atomic mass is 19.4. The molecule has 104 valence electrons. The van der Waals surface area contributed by atoms with Gasteiger partial charge in [-0.15, -0.1) is 0 Å². The maximum Gasteiger partial charge on any atom is 0.416 e. The number of nitrogens with one attached hydrogen (secondary N) is 1. The normalized spacial score (nSPS) is 17.0. The molecule has 0 radical (unpaired) electrons. The van der Waals surface area contributed by atoms with Crippen molar-refractivity contribution in [1.82, 2.24) is 0 Å². The lowest BCUT2D eigenvalue weighted by Gasteiger charge is -2.15. The summed E-state index contributed by atoms with van der Waals surface area (Å²) in [6, 6.07) is 4.62. The monoisotopic (exact) mass is 272 g/mol. The zero-order valence-corrected chi connectivity index (χ0v) is 10.3. The van der Waals surface area contributed by atoms with E-state index in [4.69, 9.17) is 15.9 Å². The molecule has 1 fully saturated rings. The van der Waals surface area contributed by atoms with Crippen LogP contribution in [0.1, 0.15) is 24.8 Å². The summed E-state index contributed by atoms with van der Waals surface area (Å²) in [5.41, 5.74) is 4.58. The van der Waals surface area contributed by atoms with Gasteiger partial charge in [0, 0.05) is 11.8 Å². The van der Waals surface area contributed by atoms with E-state index in [1.807, 2.05) is 0 Å². The second-order valence-electron chi connectivity index (χ2n) is 5.01. The van der Waals surface area contributed by atoms with Gasteiger partial charge in [0.1, 0.15) is 5.75 Å². The Bertz CT molecular complexity index is 464. The average molecular weight is 272 g/mol. The van der Waals surface area contributed by atoms with Crippen LogP contribution in [0.4, 0.5) is 13.2 Å². The third kappa shape index (κ3) is 3.62. The minimum Gasteiger partial charge on any atom is -0.493 e. The number of halogens is 3. The van der Waals surface area contributed by atoms with Crippen molar-refractivity contribution in [2.45, 2.75) is 25.4 Å². The zero-order chi connectivity index (χ0) is 14.1. The van der Waals surface area contributed by atoms with Crippen molar-refractivity contribution in [3.05, 3.63) is 29.8 Å². The van der Waals surface area contributed by atoms with Crippen molar-refractivity contribution >= 4 is 5.84 Å².